The van der Waals surface area contributed by atoms with Crippen LogP contribution in [0.25, 0.3) is 22.2 Å². The maximum Gasteiger partial charge on any atom is 0.284 e. The van der Waals surface area contributed by atoms with Crippen LogP contribution in [0.15, 0.2) is 40.4 Å². The quantitative estimate of drug-likeness (QED) is 0.458. The van der Waals surface area contributed by atoms with Gasteiger partial charge >= 0.3 is 0 Å². The van der Waals surface area contributed by atoms with Crippen LogP contribution in [0.3, 0.4) is 0 Å². The highest BCUT2D eigenvalue weighted by molar-refractivity contribution is 8.00. The van der Waals surface area contributed by atoms with Crippen molar-refractivity contribution < 1.29 is 4.92 Å². The van der Waals surface area contributed by atoms with Crippen LogP contribution in [0.5, 0.6) is 0 Å². The number of hydrogen-bond donors (Lipinski definition) is 1. The van der Waals surface area contributed by atoms with Crippen molar-refractivity contribution in [1.29, 1.82) is 0 Å². The number of hydrogen-bond acceptors (Lipinski definition) is 6. The topological polar surface area (TPSA) is 85.9 Å². The summed E-state index contributed by atoms with van der Waals surface area (Å²) in [6, 6.07) is 5.26. The first kappa shape index (κ1) is 14.2. The van der Waals surface area contributed by atoms with Gasteiger partial charge in [0.15, 0.2) is 0 Å². The average molecular weight is 327 g/mol. The molecule has 23 heavy (non-hydrogen) atoms. The lowest BCUT2D eigenvalue weighted by molar-refractivity contribution is -0.387. The molecule has 0 amide bonds. The molecule has 0 spiro atoms. The Balaban J connectivity index is 2.04. The van der Waals surface area contributed by atoms with Gasteiger partial charge in [-0.25, -0.2) is 0 Å². The third kappa shape index (κ3) is 2.10. The van der Waals surface area contributed by atoms with Crippen molar-refractivity contribution in [3.8, 4) is 11.3 Å². The average Bonchev–Trinajstić information content (AvgIpc) is 2.93. The Hall–Kier alpha value is -2.45. The molecule has 7 nitrogen and oxygen atoms in total. The fraction of sp³-hybridized carbons (Fsp3) is 0.200. The number of fused-ring (bicyclic) bond motifs is 2. The van der Waals surface area contributed by atoms with E-state index in [4.69, 9.17) is 5.10 Å². The van der Waals surface area contributed by atoms with E-state index >= 15 is 0 Å². The molecule has 0 bridgehead atoms. The van der Waals surface area contributed by atoms with Crippen LogP contribution in [-0.2, 0) is 6.54 Å². The Kier molecular flexibility index (Phi) is 3.28. The van der Waals surface area contributed by atoms with Crippen LogP contribution in [0.1, 0.15) is 0 Å². The maximum absolute atomic E-state index is 11.4. The minimum absolute atomic E-state index is 0.117. The summed E-state index contributed by atoms with van der Waals surface area (Å²) in [7, 11) is 1.89. The molecule has 0 radical (unpaired) electrons. The number of nitrogens with zero attached hydrogens (tertiary/aromatic N) is 4. The van der Waals surface area contributed by atoms with Gasteiger partial charge in [-0.3, -0.25) is 19.8 Å². The van der Waals surface area contributed by atoms with Crippen LogP contribution in [0.4, 0.5) is 5.69 Å². The highest BCUT2D eigenvalue weighted by Crippen LogP contribution is 2.50. The fourth-order valence-corrected chi connectivity index (χ4v) is 3.98. The zero-order chi connectivity index (χ0) is 16.0. The van der Waals surface area contributed by atoms with Crippen molar-refractivity contribution in [2.45, 2.75) is 16.3 Å². The standard InChI is InChI=1S/C15H13N5O2S/c1-16-6-7-19-10-2-3-11(20(21)22)15-13(10)14(18-19)9-4-5-17-8-12(9)23-15/h2-5,8,16H,6-7H2,1H3. The van der Waals surface area contributed by atoms with Crippen LogP contribution < -0.4 is 5.32 Å². The molecular weight excluding hydrogens is 314 g/mol. The molecule has 1 N–H and O–H groups in total. The van der Waals surface area contributed by atoms with E-state index in [0.717, 1.165) is 33.6 Å². The van der Waals surface area contributed by atoms with Crippen LogP contribution in [0.2, 0.25) is 0 Å². The van der Waals surface area contributed by atoms with Gasteiger partial charge in [-0.1, -0.05) is 11.8 Å². The third-order valence-corrected chi connectivity index (χ3v) is 5.04. The lowest BCUT2D eigenvalue weighted by Crippen LogP contribution is -2.15. The molecule has 116 valence electrons. The van der Waals surface area contributed by atoms with Crippen molar-refractivity contribution in [2.24, 2.45) is 0 Å². The second kappa shape index (κ2) is 5.32. The normalized spacial score (nSPS) is 12.4. The molecule has 1 aromatic carbocycles. The first-order valence-electron chi connectivity index (χ1n) is 7.15. The number of rotatable bonds is 4. The molecule has 0 aliphatic carbocycles. The molecule has 1 aliphatic heterocycles. The second-order valence-corrected chi connectivity index (χ2v) is 6.27. The van der Waals surface area contributed by atoms with Gasteiger partial charge in [-0.2, -0.15) is 5.10 Å². The Morgan fingerprint density at radius 1 is 1.39 bits per heavy atom. The van der Waals surface area contributed by atoms with E-state index in [1.165, 1.54) is 11.8 Å². The first-order chi connectivity index (χ1) is 11.2. The van der Waals surface area contributed by atoms with Crippen molar-refractivity contribution in [3.63, 3.8) is 0 Å². The molecule has 0 unspecified atom stereocenters. The van der Waals surface area contributed by atoms with Gasteiger partial charge in [0.05, 0.1) is 17.0 Å². The van der Waals surface area contributed by atoms with Crippen LogP contribution in [0, 0.1) is 10.1 Å². The Morgan fingerprint density at radius 3 is 3.04 bits per heavy atom. The molecule has 0 saturated carbocycles. The predicted molar refractivity (Wildman–Crippen MR) is 87.7 cm³/mol. The fourth-order valence-electron chi connectivity index (χ4n) is 2.82. The highest BCUT2D eigenvalue weighted by atomic mass is 32.2. The van der Waals surface area contributed by atoms with E-state index in [9.17, 15) is 10.1 Å². The van der Waals surface area contributed by atoms with Crippen molar-refractivity contribution >= 4 is 28.4 Å². The van der Waals surface area contributed by atoms with Gasteiger partial charge in [0, 0.05) is 40.8 Å². The Bertz CT molecular complexity index is 937. The summed E-state index contributed by atoms with van der Waals surface area (Å²) in [5.41, 5.74) is 2.81. The van der Waals surface area contributed by atoms with Crippen molar-refractivity contribution in [3.05, 3.63) is 40.7 Å². The summed E-state index contributed by atoms with van der Waals surface area (Å²) in [5, 5.41) is 20.1. The third-order valence-electron chi connectivity index (χ3n) is 3.87. The van der Waals surface area contributed by atoms with Gasteiger partial charge in [-0.05, 0) is 19.2 Å². The van der Waals surface area contributed by atoms with Crippen LogP contribution in [-0.4, -0.2) is 33.3 Å². The molecule has 2 aromatic heterocycles. The highest BCUT2D eigenvalue weighted by Gasteiger charge is 2.29. The van der Waals surface area contributed by atoms with Gasteiger partial charge in [0.2, 0.25) is 0 Å². The molecule has 0 atom stereocenters. The van der Waals surface area contributed by atoms with E-state index in [1.54, 1.807) is 24.5 Å². The van der Waals surface area contributed by atoms with E-state index in [1.807, 2.05) is 17.8 Å². The summed E-state index contributed by atoms with van der Waals surface area (Å²) in [6.45, 7) is 1.48. The molecule has 3 heterocycles. The Labute approximate surface area is 135 Å². The monoisotopic (exact) mass is 327 g/mol. The van der Waals surface area contributed by atoms with Gasteiger partial charge < -0.3 is 5.32 Å². The molecule has 0 saturated heterocycles. The van der Waals surface area contributed by atoms with Crippen molar-refractivity contribution in [1.82, 2.24) is 20.1 Å². The summed E-state index contributed by atoms with van der Waals surface area (Å²) < 4.78 is 1.91. The molecule has 3 aromatic rings. The summed E-state index contributed by atoms with van der Waals surface area (Å²) in [6.07, 6.45) is 3.46. The van der Waals surface area contributed by atoms with Crippen molar-refractivity contribution in [2.75, 3.05) is 13.6 Å². The number of nitro benzene ring substituents is 1. The summed E-state index contributed by atoms with van der Waals surface area (Å²) in [5.74, 6) is 0. The number of nitrogens with one attached hydrogen (secondary N) is 1. The van der Waals surface area contributed by atoms with E-state index in [2.05, 4.69) is 10.3 Å². The van der Waals surface area contributed by atoms with E-state index in [0.29, 0.717) is 11.4 Å². The SMILES string of the molecule is CNCCn1nc2c3c(c([N+](=O)[O-])ccc31)Sc1cnccc1-2. The largest absolute Gasteiger partial charge is 0.318 e. The maximum atomic E-state index is 11.4. The molecule has 1 aliphatic rings. The second-order valence-electron chi connectivity index (χ2n) is 5.21. The first-order valence-corrected chi connectivity index (χ1v) is 7.97. The number of nitro groups is 1. The van der Waals surface area contributed by atoms with E-state index in [-0.39, 0.29) is 10.6 Å². The molecule has 4 rings (SSSR count). The zero-order valence-electron chi connectivity index (χ0n) is 12.3. The minimum Gasteiger partial charge on any atom is -0.318 e. The van der Waals surface area contributed by atoms with Crippen LogP contribution >= 0.6 is 11.8 Å². The number of pyridine rings is 1. The minimum atomic E-state index is -0.335. The molecule has 8 heteroatoms. The summed E-state index contributed by atoms with van der Waals surface area (Å²) in [4.78, 5) is 16.7. The Morgan fingerprint density at radius 2 is 2.26 bits per heavy atom. The van der Waals surface area contributed by atoms with E-state index < -0.39 is 0 Å². The number of aromatic nitrogens is 3. The summed E-state index contributed by atoms with van der Waals surface area (Å²) >= 11 is 1.39. The van der Waals surface area contributed by atoms with Gasteiger partial charge in [0.1, 0.15) is 10.6 Å². The lowest BCUT2D eigenvalue weighted by Gasteiger charge is -2.14. The molecule has 0 fully saturated rings. The predicted octanol–water partition coefficient (Wildman–Crippen LogP) is 2.69. The van der Waals surface area contributed by atoms with Gasteiger partial charge in [-0.15, -0.1) is 0 Å². The smallest absolute Gasteiger partial charge is 0.284 e. The zero-order valence-corrected chi connectivity index (χ0v) is 13.1. The lowest BCUT2D eigenvalue weighted by atomic mass is 10.1. The molecular formula is C15H13N5O2S. The van der Waals surface area contributed by atoms with Gasteiger partial charge in [0.25, 0.3) is 5.69 Å². The number of benzene rings is 1. The number of likely N-dealkylation sites (N-methyl/N-ethyl adjacent to an activating group) is 1.